The Morgan fingerprint density at radius 3 is 1.92 bits per heavy atom. The van der Waals surface area contributed by atoms with Gasteiger partial charge in [-0.1, -0.05) is 6.92 Å². The molecule has 0 aromatic heterocycles. The SMILES string of the molecule is CCCS(=O)(=O)O[Si](C)(C)C.[NaH]. The molecule has 6 heteroatoms. The predicted octanol–water partition coefficient (Wildman–Crippen LogP) is 0.929. The van der Waals surface area contributed by atoms with E-state index in [4.69, 9.17) is 3.87 Å². The summed E-state index contributed by atoms with van der Waals surface area (Å²) in [5, 5.41) is 0. The van der Waals surface area contributed by atoms with Crippen LogP contribution < -0.4 is 0 Å². The van der Waals surface area contributed by atoms with Gasteiger partial charge in [0, 0.05) is 0 Å². The van der Waals surface area contributed by atoms with Crippen molar-refractivity contribution in [3.05, 3.63) is 0 Å². The van der Waals surface area contributed by atoms with Gasteiger partial charge in [0.05, 0.1) is 5.75 Å². The normalized spacial score (nSPS) is 12.3. The summed E-state index contributed by atoms with van der Waals surface area (Å²) < 4.78 is 27.1. The summed E-state index contributed by atoms with van der Waals surface area (Å²) in [6.07, 6.45) is 0.618. The molecular weight excluding hydrogens is 203 g/mol. The fraction of sp³-hybridized carbons (Fsp3) is 1.00. The minimum atomic E-state index is -3.23. The number of hydrogen-bond donors (Lipinski definition) is 0. The van der Waals surface area contributed by atoms with E-state index < -0.39 is 18.4 Å². The molecule has 0 rings (SSSR count). The third kappa shape index (κ3) is 9.22. The Morgan fingerprint density at radius 1 is 1.25 bits per heavy atom. The van der Waals surface area contributed by atoms with E-state index >= 15 is 0 Å². The first-order valence-corrected chi connectivity index (χ1v) is 8.69. The zero-order chi connectivity index (χ0) is 9.12. The van der Waals surface area contributed by atoms with Crippen molar-refractivity contribution in [3.8, 4) is 0 Å². The Bertz CT molecular complexity index is 207. The molecule has 0 saturated carbocycles. The van der Waals surface area contributed by atoms with Crippen molar-refractivity contribution in [3.63, 3.8) is 0 Å². The topological polar surface area (TPSA) is 43.4 Å². The van der Waals surface area contributed by atoms with Gasteiger partial charge in [0.25, 0.3) is 10.1 Å². The summed E-state index contributed by atoms with van der Waals surface area (Å²) in [5.41, 5.74) is 0. The molecule has 12 heavy (non-hydrogen) atoms. The van der Waals surface area contributed by atoms with Gasteiger partial charge in [0.1, 0.15) is 0 Å². The molecule has 0 aliphatic rings. The maximum atomic E-state index is 11.1. The summed E-state index contributed by atoms with van der Waals surface area (Å²) in [6.45, 7) is 7.41. The van der Waals surface area contributed by atoms with Gasteiger partial charge in [-0.15, -0.1) is 0 Å². The van der Waals surface area contributed by atoms with Crippen molar-refractivity contribution in [2.24, 2.45) is 0 Å². The van der Waals surface area contributed by atoms with Gasteiger partial charge in [-0.3, -0.25) is 0 Å². The third-order valence-electron chi connectivity index (χ3n) is 0.831. The van der Waals surface area contributed by atoms with E-state index in [-0.39, 0.29) is 35.3 Å². The summed E-state index contributed by atoms with van der Waals surface area (Å²) in [5.74, 6) is 0.136. The predicted molar refractivity (Wildman–Crippen MR) is 55.7 cm³/mol. The van der Waals surface area contributed by atoms with Crippen molar-refractivity contribution < 1.29 is 12.3 Å². The molecule has 0 fully saturated rings. The zero-order valence-corrected chi connectivity index (χ0v) is 9.36. The number of rotatable bonds is 4. The summed E-state index contributed by atoms with van der Waals surface area (Å²) in [6, 6.07) is 0. The molecule has 3 nitrogen and oxygen atoms in total. The van der Waals surface area contributed by atoms with E-state index in [0.717, 1.165) is 0 Å². The van der Waals surface area contributed by atoms with Crippen LogP contribution in [0.4, 0.5) is 0 Å². The first kappa shape index (κ1) is 15.6. The van der Waals surface area contributed by atoms with Crippen molar-refractivity contribution >= 4 is 48.0 Å². The molecule has 0 aromatic carbocycles. The van der Waals surface area contributed by atoms with Crippen LogP contribution in [0.2, 0.25) is 19.6 Å². The van der Waals surface area contributed by atoms with Crippen LogP contribution in [-0.4, -0.2) is 52.0 Å². The van der Waals surface area contributed by atoms with Gasteiger partial charge in [0.2, 0.25) is 8.32 Å². The molecule has 0 aliphatic heterocycles. The van der Waals surface area contributed by atoms with Crippen LogP contribution in [0.15, 0.2) is 0 Å². The molecule has 0 saturated heterocycles. The average molecular weight is 220 g/mol. The third-order valence-corrected chi connectivity index (χ3v) is 4.76. The zero-order valence-electron chi connectivity index (χ0n) is 7.55. The second-order valence-corrected chi connectivity index (χ2v) is 9.87. The van der Waals surface area contributed by atoms with Crippen LogP contribution in [-0.2, 0) is 14.0 Å². The van der Waals surface area contributed by atoms with Crippen LogP contribution in [0, 0.1) is 0 Å². The molecule has 0 heterocycles. The molecule has 0 unspecified atom stereocenters. The second kappa shape index (κ2) is 5.77. The Labute approximate surface area is 98.4 Å². The summed E-state index contributed by atoms with van der Waals surface area (Å²) >= 11 is 0. The van der Waals surface area contributed by atoms with Crippen molar-refractivity contribution in [1.29, 1.82) is 0 Å². The van der Waals surface area contributed by atoms with Crippen molar-refractivity contribution in [2.45, 2.75) is 33.0 Å². The Balaban J connectivity index is 0. The van der Waals surface area contributed by atoms with Crippen LogP contribution in [0.1, 0.15) is 13.3 Å². The Kier molecular flexibility index (Phi) is 7.50. The van der Waals surface area contributed by atoms with Gasteiger partial charge in [-0.25, -0.2) is 8.42 Å². The van der Waals surface area contributed by atoms with Crippen molar-refractivity contribution in [1.82, 2.24) is 0 Å². The molecule has 0 amide bonds. The first-order valence-electron chi connectivity index (χ1n) is 3.70. The van der Waals surface area contributed by atoms with Gasteiger partial charge < -0.3 is 3.87 Å². The monoisotopic (exact) mass is 220 g/mol. The quantitative estimate of drug-likeness (QED) is 0.662. The van der Waals surface area contributed by atoms with E-state index in [0.29, 0.717) is 6.42 Å². The van der Waals surface area contributed by atoms with Crippen LogP contribution >= 0.6 is 0 Å². The first-order chi connectivity index (χ1) is 4.77. The van der Waals surface area contributed by atoms with E-state index in [1.807, 2.05) is 26.6 Å². The Morgan fingerprint density at radius 2 is 1.67 bits per heavy atom. The second-order valence-electron chi connectivity index (χ2n) is 3.46. The van der Waals surface area contributed by atoms with Crippen molar-refractivity contribution in [2.75, 3.05) is 5.75 Å². The van der Waals surface area contributed by atoms with E-state index in [2.05, 4.69) is 0 Å². The molecule has 70 valence electrons. The maximum absolute atomic E-state index is 11.1. The van der Waals surface area contributed by atoms with Crippen LogP contribution in [0.3, 0.4) is 0 Å². The van der Waals surface area contributed by atoms with E-state index in [1.165, 1.54) is 0 Å². The van der Waals surface area contributed by atoms with Gasteiger partial charge in [-0.05, 0) is 26.1 Å². The molecule has 0 N–H and O–H groups in total. The molecule has 0 aliphatic carbocycles. The van der Waals surface area contributed by atoms with E-state index in [9.17, 15) is 8.42 Å². The minimum absolute atomic E-state index is 0. The number of hydrogen-bond acceptors (Lipinski definition) is 3. The molecule has 0 radical (unpaired) electrons. The fourth-order valence-electron chi connectivity index (χ4n) is 0.673. The summed E-state index contributed by atoms with van der Waals surface area (Å²) in [4.78, 5) is 0. The fourth-order valence-corrected chi connectivity index (χ4v) is 4.55. The Hall–Kier alpha value is 1.13. The average Bonchev–Trinajstić information content (AvgIpc) is 1.55. The van der Waals surface area contributed by atoms with E-state index in [1.54, 1.807) is 0 Å². The van der Waals surface area contributed by atoms with Gasteiger partial charge in [-0.2, -0.15) is 0 Å². The summed E-state index contributed by atoms with van der Waals surface area (Å²) in [7, 11) is -5.15. The van der Waals surface area contributed by atoms with Crippen LogP contribution in [0.5, 0.6) is 0 Å². The molecular formula is C6H17NaO3SSi. The molecule has 0 aromatic rings. The van der Waals surface area contributed by atoms with Gasteiger partial charge in [0.15, 0.2) is 0 Å². The van der Waals surface area contributed by atoms with Crippen LogP contribution in [0.25, 0.3) is 0 Å². The molecule has 0 atom stereocenters. The molecule has 0 bridgehead atoms. The standard InChI is InChI=1S/C6H16O3SSi.Na.H/c1-5-6-10(7,8)9-11(2,3)4;;/h5-6H2,1-4H3;;. The molecule has 0 spiro atoms. The van der Waals surface area contributed by atoms with Gasteiger partial charge >= 0.3 is 29.6 Å².